The van der Waals surface area contributed by atoms with Crippen molar-refractivity contribution < 1.29 is 39.3 Å². The number of carbonyl (C=O) groups excluding carboxylic acids is 4. The molecule has 0 fully saturated rings. The van der Waals surface area contributed by atoms with Gasteiger partial charge in [-0.05, 0) is 25.8 Å². The van der Waals surface area contributed by atoms with E-state index in [9.17, 15) is 34.2 Å². The van der Waals surface area contributed by atoms with E-state index in [0.29, 0.717) is 19.4 Å². The van der Waals surface area contributed by atoms with E-state index >= 15 is 0 Å². The standard InChI is InChI=1S/C16H30N6O8/c17-4-2-1-3-9(16(29)30)20-14(27)10(5-12(19)25)21-15(28)11(7-24)22-13(26)8(18)6-23/h8-11,23-24H,1-7,17-18H2,(H2,19,25)(H,20,27)(H,21,28)(H,22,26)(H,29,30). The summed E-state index contributed by atoms with van der Waals surface area (Å²) in [7, 11) is 0. The highest BCUT2D eigenvalue weighted by molar-refractivity contribution is 5.96. The number of aliphatic carboxylic acids is 1. The molecule has 0 aromatic heterocycles. The Morgan fingerprint density at radius 2 is 1.33 bits per heavy atom. The Labute approximate surface area is 172 Å². The number of amides is 4. The lowest BCUT2D eigenvalue weighted by Gasteiger charge is -2.23. The van der Waals surface area contributed by atoms with Crippen molar-refractivity contribution in [2.75, 3.05) is 19.8 Å². The minimum Gasteiger partial charge on any atom is -0.480 e. The molecule has 0 aliphatic heterocycles. The minimum absolute atomic E-state index is 0.0733. The molecule has 0 saturated heterocycles. The van der Waals surface area contributed by atoms with Gasteiger partial charge in [0.05, 0.1) is 19.6 Å². The van der Waals surface area contributed by atoms with E-state index in [1.54, 1.807) is 0 Å². The van der Waals surface area contributed by atoms with Crippen molar-refractivity contribution in [1.29, 1.82) is 0 Å². The van der Waals surface area contributed by atoms with Crippen LogP contribution >= 0.6 is 0 Å². The fourth-order valence-electron chi connectivity index (χ4n) is 2.26. The number of aliphatic hydroxyl groups excluding tert-OH is 2. The quantitative estimate of drug-likeness (QED) is 0.111. The molecule has 0 spiro atoms. The van der Waals surface area contributed by atoms with Crippen LogP contribution < -0.4 is 33.2 Å². The van der Waals surface area contributed by atoms with Crippen molar-refractivity contribution in [2.45, 2.75) is 49.9 Å². The van der Waals surface area contributed by atoms with Crippen LogP contribution in [0.4, 0.5) is 0 Å². The molecule has 0 bridgehead atoms. The summed E-state index contributed by atoms with van der Waals surface area (Å²) in [5, 5.41) is 33.8. The highest BCUT2D eigenvalue weighted by Gasteiger charge is 2.30. The van der Waals surface area contributed by atoms with Crippen LogP contribution in [0, 0.1) is 0 Å². The smallest absolute Gasteiger partial charge is 0.326 e. The first kappa shape index (κ1) is 27.2. The normalized spacial score (nSPS) is 14.7. The van der Waals surface area contributed by atoms with Crippen LogP contribution in [0.3, 0.4) is 0 Å². The maximum Gasteiger partial charge on any atom is 0.326 e. The third kappa shape index (κ3) is 10.1. The Bertz CT molecular complexity index is 617. The van der Waals surface area contributed by atoms with Crippen molar-refractivity contribution in [1.82, 2.24) is 16.0 Å². The van der Waals surface area contributed by atoms with E-state index in [-0.39, 0.29) is 6.42 Å². The first-order valence-corrected chi connectivity index (χ1v) is 9.16. The van der Waals surface area contributed by atoms with Gasteiger partial charge in [-0.1, -0.05) is 0 Å². The van der Waals surface area contributed by atoms with Crippen LogP contribution in [-0.2, 0) is 24.0 Å². The Balaban J connectivity index is 5.20. The molecule has 0 aromatic rings. The number of carboxylic acids is 1. The molecular formula is C16H30N6O8. The van der Waals surface area contributed by atoms with Gasteiger partial charge in [0.25, 0.3) is 0 Å². The number of nitrogens with two attached hydrogens (primary N) is 3. The van der Waals surface area contributed by atoms with Gasteiger partial charge in [0, 0.05) is 0 Å². The van der Waals surface area contributed by atoms with Gasteiger partial charge in [-0.3, -0.25) is 19.2 Å². The molecule has 172 valence electrons. The molecule has 4 amide bonds. The van der Waals surface area contributed by atoms with Crippen molar-refractivity contribution in [3.8, 4) is 0 Å². The summed E-state index contributed by atoms with van der Waals surface area (Å²) >= 11 is 0. The largest absolute Gasteiger partial charge is 0.480 e. The summed E-state index contributed by atoms with van der Waals surface area (Å²) in [5.41, 5.74) is 15.7. The summed E-state index contributed by atoms with van der Waals surface area (Å²) in [4.78, 5) is 59.0. The summed E-state index contributed by atoms with van der Waals surface area (Å²) in [6.07, 6.45) is 0.373. The fourth-order valence-corrected chi connectivity index (χ4v) is 2.26. The Kier molecular flexibility index (Phi) is 12.9. The first-order valence-electron chi connectivity index (χ1n) is 9.16. The zero-order chi connectivity index (χ0) is 23.3. The summed E-state index contributed by atoms with van der Waals surface area (Å²) in [6, 6.07) is -5.73. The van der Waals surface area contributed by atoms with Crippen LogP contribution in [0.2, 0.25) is 0 Å². The zero-order valence-electron chi connectivity index (χ0n) is 16.4. The molecule has 0 aliphatic rings. The van der Waals surface area contributed by atoms with Crippen LogP contribution in [-0.4, -0.2) is 88.8 Å². The van der Waals surface area contributed by atoms with Gasteiger partial charge in [0.15, 0.2) is 0 Å². The monoisotopic (exact) mass is 434 g/mol. The van der Waals surface area contributed by atoms with Crippen LogP contribution in [0.1, 0.15) is 25.7 Å². The SMILES string of the molecule is NCCCCC(NC(=O)C(CC(N)=O)NC(=O)C(CO)NC(=O)C(N)CO)C(=O)O. The van der Waals surface area contributed by atoms with E-state index in [4.69, 9.17) is 22.3 Å². The van der Waals surface area contributed by atoms with E-state index in [2.05, 4.69) is 16.0 Å². The molecule has 0 saturated carbocycles. The summed E-state index contributed by atoms with van der Waals surface area (Å²) < 4.78 is 0. The average molecular weight is 434 g/mol. The van der Waals surface area contributed by atoms with Gasteiger partial charge in [0.2, 0.25) is 23.6 Å². The fraction of sp³-hybridized carbons (Fsp3) is 0.688. The van der Waals surface area contributed by atoms with Gasteiger partial charge in [-0.25, -0.2) is 4.79 Å². The molecule has 0 radical (unpaired) electrons. The van der Waals surface area contributed by atoms with Crippen molar-refractivity contribution >= 4 is 29.6 Å². The highest BCUT2D eigenvalue weighted by Crippen LogP contribution is 2.03. The number of nitrogens with one attached hydrogen (secondary N) is 3. The first-order chi connectivity index (χ1) is 14.1. The molecule has 0 aromatic carbocycles. The van der Waals surface area contributed by atoms with E-state index in [1.165, 1.54) is 0 Å². The second-order valence-electron chi connectivity index (χ2n) is 6.45. The summed E-state index contributed by atoms with van der Waals surface area (Å²) in [6.45, 7) is -1.24. The van der Waals surface area contributed by atoms with Gasteiger partial charge in [-0.15, -0.1) is 0 Å². The highest BCUT2D eigenvalue weighted by atomic mass is 16.4. The lowest BCUT2D eigenvalue weighted by molar-refractivity contribution is -0.142. The second kappa shape index (κ2) is 14.2. The lowest BCUT2D eigenvalue weighted by atomic mass is 10.1. The van der Waals surface area contributed by atoms with Gasteiger partial charge < -0.3 is 48.5 Å². The van der Waals surface area contributed by atoms with Gasteiger partial charge in [-0.2, -0.15) is 0 Å². The molecule has 12 N–H and O–H groups in total. The number of carboxylic acid groups (broad SMARTS) is 1. The Hall–Kier alpha value is -2.81. The number of hydrogen-bond acceptors (Lipinski definition) is 9. The number of rotatable bonds is 15. The predicted molar refractivity (Wildman–Crippen MR) is 102 cm³/mol. The maximum atomic E-state index is 12.4. The third-order valence-electron chi connectivity index (χ3n) is 3.95. The van der Waals surface area contributed by atoms with Crippen LogP contribution in [0.5, 0.6) is 0 Å². The topological polar surface area (TPSA) is 260 Å². The van der Waals surface area contributed by atoms with Crippen molar-refractivity contribution in [2.24, 2.45) is 17.2 Å². The predicted octanol–water partition coefficient (Wildman–Crippen LogP) is -5.16. The molecule has 14 heteroatoms. The van der Waals surface area contributed by atoms with Crippen molar-refractivity contribution in [3.05, 3.63) is 0 Å². The van der Waals surface area contributed by atoms with E-state index < -0.39 is 73.4 Å². The number of aliphatic hydroxyl groups is 2. The number of primary amides is 1. The molecule has 0 heterocycles. The molecule has 14 nitrogen and oxygen atoms in total. The molecular weight excluding hydrogens is 404 g/mol. The van der Waals surface area contributed by atoms with E-state index in [1.807, 2.05) is 0 Å². The number of unbranched alkanes of at least 4 members (excludes halogenated alkanes) is 1. The molecule has 30 heavy (non-hydrogen) atoms. The number of carbonyl (C=O) groups is 5. The Morgan fingerprint density at radius 3 is 1.80 bits per heavy atom. The zero-order valence-corrected chi connectivity index (χ0v) is 16.4. The second-order valence-corrected chi connectivity index (χ2v) is 6.45. The maximum absolute atomic E-state index is 12.4. The van der Waals surface area contributed by atoms with Gasteiger partial charge in [0.1, 0.15) is 24.2 Å². The number of hydrogen-bond donors (Lipinski definition) is 9. The third-order valence-corrected chi connectivity index (χ3v) is 3.95. The van der Waals surface area contributed by atoms with Crippen LogP contribution in [0.25, 0.3) is 0 Å². The lowest BCUT2D eigenvalue weighted by Crippen LogP contribution is -2.58. The van der Waals surface area contributed by atoms with E-state index in [0.717, 1.165) is 0 Å². The molecule has 4 unspecified atom stereocenters. The average Bonchev–Trinajstić information content (AvgIpc) is 2.69. The minimum atomic E-state index is -1.55. The van der Waals surface area contributed by atoms with Crippen LogP contribution in [0.15, 0.2) is 0 Å². The molecule has 0 aliphatic carbocycles. The Morgan fingerprint density at radius 1 is 0.800 bits per heavy atom. The van der Waals surface area contributed by atoms with Gasteiger partial charge >= 0.3 is 5.97 Å². The molecule has 0 rings (SSSR count). The molecule has 4 atom stereocenters. The summed E-state index contributed by atoms with van der Waals surface area (Å²) in [5.74, 6) is -5.25. The van der Waals surface area contributed by atoms with Crippen molar-refractivity contribution in [3.63, 3.8) is 0 Å².